The van der Waals surface area contributed by atoms with Crippen molar-refractivity contribution in [2.75, 3.05) is 20.3 Å². The summed E-state index contributed by atoms with van der Waals surface area (Å²) in [6.45, 7) is 2.46. The Labute approximate surface area is 132 Å². The van der Waals surface area contributed by atoms with Gasteiger partial charge >= 0.3 is 4.87 Å². The lowest BCUT2D eigenvalue weighted by atomic mass is 10.3. The molecule has 0 saturated carbocycles. The maximum absolute atomic E-state index is 12.0. The molecule has 7 heteroatoms. The Balaban J connectivity index is 1.81. The summed E-state index contributed by atoms with van der Waals surface area (Å²) in [7, 11) is 3.25. The summed E-state index contributed by atoms with van der Waals surface area (Å²) in [6.07, 6.45) is 0. The lowest BCUT2D eigenvalue weighted by molar-refractivity contribution is 0.0950. The van der Waals surface area contributed by atoms with E-state index in [0.717, 1.165) is 17.1 Å². The minimum Gasteiger partial charge on any atom is -0.497 e. The molecular weight excluding hydrogens is 304 g/mol. The number of hydrogen-bond acceptors (Lipinski definition) is 5. The molecule has 0 unspecified atom stereocenters. The highest BCUT2D eigenvalue weighted by atomic mass is 32.1. The molecule has 1 amide bonds. The third-order valence-corrected chi connectivity index (χ3v) is 4.35. The van der Waals surface area contributed by atoms with Crippen LogP contribution in [-0.4, -0.2) is 30.7 Å². The summed E-state index contributed by atoms with van der Waals surface area (Å²) in [4.78, 5) is 23.8. The van der Waals surface area contributed by atoms with E-state index >= 15 is 0 Å². The molecule has 0 aliphatic rings. The van der Waals surface area contributed by atoms with Gasteiger partial charge in [0.05, 0.1) is 13.7 Å². The zero-order valence-electron chi connectivity index (χ0n) is 12.7. The number of amides is 1. The Bertz CT molecular complexity index is 703. The lowest BCUT2D eigenvalue weighted by Gasteiger charge is -2.08. The standard InChI is InChI=1S/C15H18N2O4S/c1-10-13(22-15(19)17(10)2)14(18)16-8-9-21-12-6-4-11(20-3)5-7-12/h4-7H,8-9H2,1-3H3,(H,16,18). The Morgan fingerprint density at radius 2 is 1.91 bits per heavy atom. The molecule has 1 N–H and O–H groups in total. The second-order valence-corrected chi connectivity index (χ2v) is 5.58. The minimum absolute atomic E-state index is 0.142. The molecule has 0 radical (unpaired) electrons. The third-order valence-electron chi connectivity index (χ3n) is 3.22. The van der Waals surface area contributed by atoms with Gasteiger partial charge in [0.25, 0.3) is 5.91 Å². The fourth-order valence-corrected chi connectivity index (χ4v) is 2.71. The molecule has 0 spiro atoms. The summed E-state index contributed by atoms with van der Waals surface area (Å²) in [6, 6.07) is 7.21. The van der Waals surface area contributed by atoms with Gasteiger partial charge < -0.3 is 19.4 Å². The van der Waals surface area contributed by atoms with Crippen molar-refractivity contribution in [3.63, 3.8) is 0 Å². The maximum Gasteiger partial charge on any atom is 0.307 e. The molecule has 0 saturated heterocycles. The Morgan fingerprint density at radius 3 is 2.45 bits per heavy atom. The van der Waals surface area contributed by atoms with Crippen LogP contribution in [-0.2, 0) is 7.05 Å². The van der Waals surface area contributed by atoms with E-state index in [1.54, 1.807) is 45.3 Å². The Kier molecular flexibility index (Phi) is 5.21. The van der Waals surface area contributed by atoms with Gasteiger partial charge in [0.2, 0.25) is 0 Å². The molecule has 6 nitrogen and oxygen atoms in total. The molecule has 118 valence electrons. The van der Waals surface area contributed by atoms with E-state index in [-0.39, 0.29) is 10.8 Å². The van der Waals surface area contributed by atoms with Gasteiger partial charge in [0.15, 0.2) is 0 Å². The molecule has 2 rings (SSSR count). The average molecular weight is 322 g/mol. The van der Waals surface area contributed by atoms with Crippen LogP contribution in [0.2, 0.25) is 0 Å². The van der Waals surface area contributed by atoms with Crippen LogP contribution in [0.15, 0.2) is 29.1 Å². The normalized spacial score (nSPS) is 10.3. The van der Waals surface area contributed by atoms with Crippen molar-refractivity contribution in [1.29, 1.82) is 0 Å². The summed E-state index contributed by atoms with van der Waals surface area (Å²) >= 11 is 0.948. The van der Waals surface area contributed by atoms with E-state index in [1.807, 2.05) is 0 Å². The lowest BCUT2D eigenvalue weighted by Crippen LogP contribution is -2.28. The number of hydrogen-bond donors (Lipinski definition) is 1. The first-order valence-electron chi connectivity index (χ1n) is 6.74. The van der Waals surface area contributed by atoms with Crippen LogP contribution in [0.5, 0.6) is 11.5 Å². The summed E-state index contributed by atoms with van der Waals surface area (Å²) in [5, 5.41) is 2.74. The van der Waals surface area contributed by atoms with E-state index in [4.69, 9.17) is 9.47 Å². The molecule has 0 aliphatic heterocycles. The van der Waals surface area contributed by atoms with Gasteiger partial charge in [0, 0.05) is 12.7 Å². The first-order chi connectivity index (χ1) is 10.5. The quantitative estimate of drug-likeness (QED) is 0.820. The van der Waals surface area contributed by atoms with Gasteiger partial charge in [-0.3, -0.25) is 9.59 Å². The zero-order chi connectivity index (χ0) is 16.1. The van der Waals surface area contributed by atoms with Gasteiger partial charge in [-0.05, 0) is 31.2 Å². The number of aromatic nitrogens is 1. The van der Waals surface area contributed by atoms with Crippen molar-refractivity contribution in [2.45, 2.75) is 6.92 Å². The molecular formula is C15H18N2O4S. The molecule has 22 heavy (non-hydrogen) atoms. The number of benzene rings is 1. The number of carbonyl (C=O) groups excluding carboxylic acids is 1. The summed E-state index contributed by atoms with van der Waals surface area (Å²) in [5.41, 5.74) is 0.670. The molecule has 0 aliphatic carbocycles. The molecule has 2 aromatic rings. The van der Waals surface area contributed by atoms with Crippen molar-refractivity contribution in [3.05, 3.63) is 44.5 Å². The molecule has 0 fully saturated rings. The van der Waals surface area contributed by atoms with Gasteiger partial charge in [-0.1, -0.05) is 11.3 Å². The fourth-order valence-electron chi connectivity index (χ4n) is 1.82. The fraction of sp³-hybridized carbons (Fsp3) is 0.333. The van der Waals surface area contributed by atoms with E-state index in [2.05, 4.69) is 5.32 Å². The third kappa shape index (κ3) is 3.67. The van der Waals surface area contributed by atoms with Crippen molar-refractivity contribution in [3.8, 4) is 11.5 Å². The van der Waals surface area contributed by atoms with Crippen molar-refractivity contribution < 1.29 is 14.3 Å². The van der Waals surface area contributed by atoms with E-state index in [1.165, 1.54) is 4.57 Å². The number of rotatable bonds is 6. The highest BCUT2D eigenvalue weighted by molar-refractivity contribution is 7.11. The van der Waals surface area contributed by atoms with Crippen LogP contribution in [0.3, 0.4) is 0 Å². The molecule has 0 atom stereocenters. The predicted molar refractivity (Wildman–Crippen MR) is 85.1 cm³/mol. The van der Waals surface area contributed by atoms with Crippen molar-refractivity contribution in [1.82, 2.24) is 9.88 Å². The monoisotopic (exact) mass is 322 g/mol. The predicted octanol–water partition coefficient (Wildman–Crippen LogP) is 1.57. The van der Waals surface area contributed by atoms with Crippen LogP contribution < -0.4 is 19.7 Å². The van der Waals surface area contributed by atoms with Crippen LogP contribution >= 0.6 is 11.3 Å². The van der Waals surface area contributed by atoms with E-state index in [0.29, 0.717) is 29.5 Å². The number of nitrogens with zero attached hydrogens (tertiary/aromatic N) is 1. The number of ether oxygens (including phenoxy) is 2. The van der Waals surface area contributed by atoms with Crippen LogP contribution in [0, 0.1) is 6.92 Å². The van der Waals surface area contributed by atoms with E-state index in [9.17, 15) is 9.59 Å². The second-order valence-electron chi connectivity index (χ2n) is 4.62. The van der Waals surface area contributed by atoms with Crippen molar-refractivity contribution in [2.24, 2.45) is 7.05 Å². The van der Waals surface area contributed by atoms with Gasteiger partial charge in [-0.15, -0.1) is 0 Å². The number of methoxy groups -OCH3 is 1. The van der Waals surface area contributed by atoms with Gasteiger partial charge in [-0.2, -0.15) is 0 Å². The highest BCUT2D eigenvalue weighted by Gasteiger charge is 2.15. The van der Waals surface area contributed by atoms with E-state index < -0.39 is 0 Å². The number of nitrogens with one attached hydrogen (secondary N) is 1. The maximum atomic E-state index is 12.0. The Hall–Kier alpha value is -2.28. The number of thiazole rings is 1. The summed E-state index contributed by atoms with van der Waals surface area (Å²) in [5.74, 6) is 1.21. The molecule has 1 aromatic heterocycles. The highest BCUT2D eigenvalue weighted by Crippen LogP contribution is 2.16. The van der Waals surface area contributed by atoms with Crippen LogP contribution in [0.25, 0.3) is 0 Å². The van der Waals surface area contributed by atoms with Crippen LogP contribution in [0.4, 0.5) is 0 Å². The molecule has 1 aromatic carbocycles. The second kappa shape index (κ2) is 7.13. The van der Waals surface area contributed by atoms with Crippen molar-refractivity contribution >= 4 is 17.2 Å². The van der Waals surface area contributed by atoms with Gasteiger partial charge in [0.1, 0.15) is 23.0 Å². The molecule has 0 bridgehead atoms. The Morgan fingerprint density at radius 1 is 1.27 bits per heavy atom. The SMILES string of the molecule is COc1ccc(OCCNC(=O)c2sc(=O)n(C)c2C)cc1. The minimum atomic E-state index is -0.251. The zero-order valence-corrected chi connectivity index (χ0v) is 13.5. The topological polar surface area (TPSA) is 69.6 Å². The average Bonchev–Trinajstić information content (AvgIpc) is 2.79. The van der Waals surface area contributed by atoms with Crippen LogP contribution in [0.1, 0.15) is 15.4 Å². The smallest absolute Gasteiger partial charge is 0.307 e. The first kappa shape index (κ1) is 16.1. The largest absolute Gasteiger partial charge is 0.497 e. The first-order valence-corrected chi connectivity index (χ1v) is 7.56. The summed E-state index contributed by atoms with van der Waals surface area (Å²) < 4.78 is 12.0. The number of carbonyl (C=O) groups is 1. The molecule has 1 heterocycles. The van der Waals surface area contributed by atoms with Gasteiger partial charge in [-0.25, -0.2) is 0 Å².